The zero-order valence-corrected chi connectivity index (χ0v) is 15.2. The maximum absolute atomic E-state index is 7.75. The van der Waals surface area contributed by atoms with Gasteiger partial charge < -0.3 is 28.7 Å². The summed E-state index contributed by atoms with van der Waals surface area (Å²) in [6, 6.07) is 0. The van der Waals surface area contributed by atoms with Crippen LogP contribution in [0.3, 0.4) is 0 Å². The van der Waals surface area contributed by atoms with E-state index in [1.165, 1.54) is 0 Å². The van der Waals surface area contributed by atoms with Gasteiger partial charge in [-0.2, -0.15) is 0 Å². The standard InChI is InChI=1S/C10H25N3.3CHO.Mo/c1-11(2)7-9-13(5,6)10-8-12(3)4;3*1-2;/h5,7-10H2,1-4,6H3;3*1H;/q;3*-1;. The summed E-state index contributed by atoms with van der Waals surface area (Å²) in [6.07, 6.45) is 0. The summed E-state index contributed by atoms with van der Waals surface area (Å²) in [7, 11) is 14.8. The van der Waals surface area contributed by atoms with E-state index in [1.54, 1.807) is 0 Å². The van der Waals surface area contributed by atoms with Gasteiger partial charge in [-0.1, -0.05) is 0 Å². The summed E-state index contributed by atoms with van der Waals surface area (Å²) in [4.78, 5) is 27.7. The quantitative estimate of drug-likeness (QED) is 0.274. The molecule has 7 heteroatoms. The van der Waals surface area contributed by atoms with Crippen LogP contribution in [0.2, 0.25) is 0 Å². The van der Waals surface area contributed by atoms with Gasteiger partial charge in [0, 0.05) is 41.2 Å². The van der Waals surface area contributed by atoms with Gasteiger partial charge in [0.25, 0.3) is 0 Å². The fourth-order valence-corrected chi connectivity index (χ4v) is 0.995. The normalized spacial score (nSPS) is 9.00. The summed E-state index contributed by atoms with van der Waals surface area (Å²) < 4.78 is 0.857. The van der Waals surface area contributed by atoms with Crippen LogP contribution in [0.4, 0.5) is 0 Å². The minimum Gasteiger partial charge on any atom is -0.545 e. The molecule has 122 valence electrons. The Morgan fingerprint density at radius 2 is 1.00 bits per heavy atom. The molecular formula is C13H28MoN3O3-3. The Morgan fingerprint density at radius 3 is 1.15 bits per heavy atom. The molecule has 0 bridgehead atoms. The average molecular weight is 370 g/mol. The van der Waals surface area contributed by atoms with Gasteiger partial charge in [-0.15, -0.1) is 7.05 Å². The first kappa shape index (κ1) is 31.8. The second kappa shape index (κ2) is 23.7. The Morgan fingerprint density at radius 1 is 0.800 bits per heavy atom. The van der Waals surface area contributed by atoms with Gasteiger partial charge in [-0.3, -0.25) is 20.4 Å². The molecule has 0 amide bonds. The van der Waals surface area contributed by atoms with Crippen LogP contribution in [0.15, 0.2) is 0 Å². The van der Waals surface area contributed by atoms with Crippen LogP contribution in [0.25, 0.3) is 0 Å². The maximum Gasteiger partial charge on any atom is 0.0672 e. The number of carbonyl (C=O) groups excluding carboxylic acids is 3. The van der Waals surface area contributed by atoms with E-state index in [-0.39, 0.29) is 21.1 Å². The SMILES string of the molecule is [CH-]=O.[CH-]=O.[CH-]=O.[CH2-][N+](C)(CCN(C)C)CCN(C)C.[Mo]. The van der Waals surface area contributed by atoms with Crippen LogP contribution in [0.5, 0.6) is 0 Å². The van der Waals surface area contributed by atoms with E-state index < -0.39 is 0 Å². The van der Waals surface area contributed by atoms with E-state index in [2.05, 4.69) is 72.5 Å². The zero-order valence-electron chi connectivity index (χ0n) is 13.2. The first-order valence-corrected chi connectivity index (χ1v) is 5.52. The van der Waals surface area contributed by atoms with Crippen molar-refractivity contribution in [3.8, 4) is 0 Å². The Kier molecular flexibility index (Phi) is 37.6. The molecule has 0 aromatic rings. The van der Waals surface area contributed by atoms with Crippen LogP contribution >= 0.6 is 0 Å². The average Bonchev–Trinajstić information content (AvgIpc) is 2.41. The molecule has 0 spiro atoms. The van der Waals surface area contributed by atoms with Gasteiger partial charge in [0.05, 0.1) is 13.1 Å². The second-order valence-electron chi connectivity index (χ2n) is 4.67. The molecule has 0 aromatic carbocycles. The third-order valence-corrected chi connectivity index (χ3v) is 2.17. The molecule has 0 atom stereocenters. The van der Waals surface area contributed by atoms with E-state index in [1.807, 2.05) is 0 Å². The van der Waals surface area contributed by atoms with Crippen molar-refractivity contribution in [2.24, 2.45) is 0 Å². The van der Waals surface area contributed by atoms with Gasteiger partial charge in [0.2, 0.25) is 0 Å². The monoisotopic (exact) mass is 372 g/mol. The van der Waals surface area contributed by atoms with E-state index in [9.17, 15) is 0 Å². The van der Waals surface area contributed by atoms with Gasteiger partial charge >= 0.3 is 0 Å². The Hall–Kier alpha value is -0.422. The van der Waals surface area contributed by atoms with Crippen LogP contribution < -0.4 is 0 Å². The molecule has 6 nitrogen and oxygen atoms in total. The molecule has 0 heterocycles. The molecule has 0 radical (unpaired) electrons. The van der Waals surface area contributed by atoms with Crippen LogP contribution in [-0.4, -0.2) is 96.1 Å². The van der Waals surface area contributed by atoms with Crippen LogP contribution in [0.1, 0.15) is 0 Å². The van der Waals surface area contributed by atoms with Crippen molar-refractivity contribution < 1.29 is 39.9 Å². The third kappa shape index (κ3) is 36.0. The minimum atomic E-state index is 0. The molecule has 0 saturated carbocycles. The third-order valence-electron chi connectivity index (χ3n) is 2.17. The molecule has 0 saturated heterocycles. The number of hydrogen-bond acceptors (Lipinski definition) is 5. The van der Waals surface area contributed by atoms with Crippen molar-refractivity contribution in [1.82, 2.24) is 9.80 Å². The van der Waals surface area contributed by atoms with E-state index >= 15 is 0 Å². The Balaban J connectivity index is -0.0000000940. The summed E-state index contributed by atoms with van der Waals surface area (Å²) in [5.41, 5.74) is 0. The van der Waals surface area contributed by atoms with Crippen LogP contribution in [0, 0.1) is 7.05 Å². The predicted molar refractivity (Wildman–Crippen MR) is 78.6 cm³/mol. The van der Waals surface area contributed by atoms with Crippen molar-refractivity contribution in [2.45, 2.75) is 0 Å². The fraction of sp³-hybridized carbons (Fsp3) is 0.692. The predicted octanol–water partition coefficient (Wildman–Crippen LogP) is -0.477. The topological polar surface area (TPSA) is 57.7 Å². The molecule has 0 aliphatic heterocycles. The van der Waals surface area contributed by atoms with Crippen molar-refractivity contribution in [1.29, 1.82) is 0 Å². The summed E-state index contributed by atoms with van der Waals surface area (Å²) in [5, 5.41) is 0. The van der Waals surface area contributed by atoms with Crippen molar-refractivity contribution in [2.75, 3.05) is 61.4 Å². The largest absolute Gasteiger partial charge is 0.545 e. The fourth-order valence-electron chi connectivity index (χ4n) is 0.995. The molecule has 0 rings (SSSR count). The first-order valence-electron chi connectivity index (χ1n) is 5.52. The zero-order chi connectivity index (χ0) is 16.5. The maximum atomic E-state index is 7.75. The molecule has 0 fully saturated rings. The molecule has 0 aliphatic carbocycles. The van der Waals surface area contributed by atoms with Crippen molar-refractivity contribution >= 4 is 20.4 Å². The molecule has 0 N–H and O–H groups in total. The van der Waals surface area contributed by atoms with Gasteiger partial charge in [0.1, 0.15) is 0 Å². The first-order chi connectivity index (χ1) is 8.83. The second-order valence-corrected chi connectivity index (χ2v) is 4.67. The number of quaternary nitrogens is 1. The molecule has 20 heavy (non-hydrogen) atoms. The Labute approximate surface area is 138 Å². The van der Waals surface area contributed by atoms with Gasteiger partial charge in [-0.05, 0) is 28.2 Å². The summed E-state index contributed by atoms with van der Waals surface area (Å²) in [5.74, 6) is 0. The number of nitrogens with zero attached hydrogens (tertiary/aromatic N) is 3. The van der Waals surface area contributed by atoms with Crippen LogP contribution in [-0.2, 0) is 35.4 Å². The van der Waals surface area contributed by atoms with E-state index in [4.69, 9.17) is 14.4 Å². The summed E-state index contributed by atoms with van der Waals surface area (Å²) in [6.45, 7) is 14.2. The minimum absolute atomic E-state index is 0. The molecule has 0 aliphatic rings. The Bertz CT molecular complexity index is 163. The molecule has 0 aromatic heterocycles. The van der Waals surface area contributed by atoms with Gasteiger partial charge in [-0.25, -0.2) is 0 Å². The van der Waals surface area contributed by atoms with Crippen molar-refractivity contribution in [3.05, 3.63) is 7.05 Å². The van der Waals surface area contributed by atoms with E-state index in [0.717, 1.165) is 30.7 Å². The summed E-state index contributed by atoms with van der Waals surface area (Å²) >= 11 is 0. The number of rotatable bonds is 6. The molecular weight excluding hydrogens is 342 g/mol. The number of likely N-dealkylation sites (N-methyl/N-ethyl adjacent to an activating group) is 3. The van der Waals surface area contributed by atoms with Crippen molar-refractivity contribution in [3.63, 3.8) is 0 Å². The molecule has 0 unspecified atom stereocenters. The van der Waals surface area contributed by atoms with E-state index in [0.29, 0.717) is 0 Å². The van der Waals surface area contributed by atoms with Gasteiger partial charge in [0.15, 0.2) is 0 Å². The number of hydrogen-bond donors (Lipinski definition) is 0. The smallest absolute Gasteiger partial charge is 0.0672 e.